The number of para-hydroxylation sites is 2. The van der Waals surface area contributed by atoms with Gasteiger partial charge in [0.05, 0.1) is 11.0 Å². The molecule has 0 aliphatic carbocycles. The fourth-order valence-corrected chi connectivity index (χ4v) is 9.90. The van der Waals surface area contributed by atoms with E-state index in [-0.39, 0.29) is 17.7 Å². The monoisotopic (exact) mass is 762 g/mol. The first kappa shape index (κ1) is 34.3. The molecule has 1 aromatic heterocycles. The summed E-state index contributed by atoms with van der Waals surface area (Å²) in [5.74, 6) is 2.88. The van der Waals surface area contributed by atoms with Gasteiger partial charge in [0, 0.05) is 39.5 Å². The Morgan fingerprint density at radius 3 is 1.86 bits per heavy atom. The van der Waals surface area contributed by atoms with Gasteiger partial charge in [0.2, 0.25) is 0 Å². The van der Waals surface area contributed by atoms with Gasteiger partial charge >= 0.3 is 6.85 Å². The molecule has 0 amide bonds. The van der Waals surface area contributed by atoms with Crippen LogP contribution >= 0.6 is 0 Å². The molecule has 0 bridgehead atoms. The molecule has 0 saturated carbocycles. The Balaban J connectivity index is 1.23. The molecule has 0 atom stereocenters. The molecule has 59 heavy (non-hydrogen) atoms. The molecule has 5 heteroatoms. The highest BCUT2D eigenvalue weighted by Crippen LogP contribution is 2.54. The lowest BCUT2D eigenvalue weighted by molar-refractivity contribution is 0.360. The van der Waals surface area contributed by atoms with Crippen molar-refractivity contribution in [2.75, 3.05) is 4.81 Å². The van der Waals surface area contributed by atoms with Crippen LogP contribution in [0.15, 0.2) is 152 Å². The molecule has 8 aromatic carbocycles. The minimum absolute atomic E-state index is 0.00720. The summed E-state index contributed by atoms with van der Waals surface area (Å²) >= 11 is 0. The van der Waals surface area contributed by atoms with Crippen LogP contribution in [0.4, 0.5) is 11.4 Å². The number of aromatic nitrogens is 1. The second kappa shape index (κ2) is 11.9. The molecule has 0 radical (unpaired) electrons. The third kappa shape index (κ3) is 4.97. The number of ether oxygens (including phenoxy) is 2. The lowest BCUT2D eigenvalue weighted by atomic mass is 9.43. The number of benzene rings is 8. The van der Waals surface area contributed by atoms with Gasteiger partial charge in [-0.05, 0) is 115 Å². The van der Waals surface area contributed by atoms with Crippen LogP contribution in [0, 0.1) is 0 Å². The van der Waals surface area contributed by atoms with Crippen LogP contribution in [0.2, 0.25) is 0 Å². The average Bonchev–Trinajstić information content (AvgIpc) is 3.57. The summed E-state index contributed by atoms with van der Waals surface area (Å²) in [7, 11) is 0. The zero-order chi connectivity index (χ0) is 39.9. The van der Waals surface area contributed by atoms with Crippen molar-refractivity contribution < 1.29 is 9.47 Å². The van der Waals surface area contributed by atoms with Crippen LogP contribution in [-0.2, 0) is 10.8 Å². The Morgan fingerprint density at radius 1 is 0.492 bits per heavy atom. The Morgan fingerprint density at radius 2 is 1.14 bits per heavy atom. The van der Waals surface area contributed by atoms with Crippen LogP contribution in [0.1, 0.15) is 52.7 Å². The van der Waals surface area contributed by atoms with Crippen LogP contribution in [-0.4, -0.2) is 11.4 Å². The average molecular weight is 763 g/mol. The van der Waals surface area contributed by atoms with Gasteiger partial charge in [0.15, 0.2) is 23.0 Å². The summed E-state index contributed by atoms with van der Waals surface area (Å²) in [6, 6.07) is 55.7. The minimum atomic E-state index is -0.141. The van der Waals surface area contributed by atoms with E-state index in [1.165, 1.54) is 77.0 Å². The number of anilines is 2. The topological polar surface area (TPSA) is 26.6 Å². The maximum absolute atomic E-state index is 6.69. The zero-order valence-electron chi connectivity index (χ0n) is 34.2. The first-order valence-corrected chi connectivity index (χ1v) is 20.8. The van der Waals surface area contributed by atoms with E-state index in [0.717, 1.165) is 34.2 Å². The number of nitrogens with zero attached hydrogens (tertiary/aromatic N) is 2. The van der Waals surface area contributed by atoms with Crippen molar-refractivity contribution in [3.63, 3.8) is 0 Å². The van der Waals surface area contributed by atoms with Gasteiger partial charge in [-0.15, -0.1) is 0 Å². The van der Waals surface area contributed by atoms with E-state index in [0.29, 0.717) is 5.75 Å². The fraction of sp³-hybridized carbons (Fsp3) is 0.148. The van der Waals surface area contributed by atoms with Crippen LogP contribution in [0.25, 0.3) is 60.5 Å². The lowest BCUT2D eigenvalue weighted by Crippen LogP contribution is -2.60. The molecule has 0 spiro atoms. The maximum Gasteiger partial charge on any atom is 0.333 e. The van der Waals surface area contributed by atoms with Crippen molar-refractivity contribution in [2.45, 2.75) is 52.4 Å². The summed E-state index contributed by atoms with van der Waals surface area (Å²) in [5, 5.41) is 5.04. The molecule has 284 valence electrons. The van der Waals surface area contributed by atoms with E-state index in [9.17, 15) is 0 Å². The molecule has 12 rings (SSSR count). The molecule has 9 aromatic rings. The molecular weight excluding hydrogens is 719 g/mol. The van der Waals surface area contributed by atoms with Crippen LogP contribution in [0.3, 0.4) is 0 Å². The third-order valence-electron chi connectivity index (χ3n) is 12.9. The minimum Gasteiger partial charge on any atom is -0.449 e. The van der Waals surface area contributed by atoms with Gasteiger partial charge in [-0.25, -0.2) is 0 Å². The van der Waals surface area contributed by atoms with E-state index < -0.39 is 0 Å². The number of hydrogen-bond acceptors (Lipinski definition) is 3. The highest BCUT2D eigenvalue weighted by Gasteiger charge is 2.46. The summed E-state index contributed by atoms with van der Waals surface area (Å²) in [4.78, 5) is 2.58. The fourth-order valence-electron chi connectivity index (χ4n) is 9.90. The molecular formula is C54H43BN2O2. The molecule has 4 nitrogen and oxygen atoms in total. The Kier molecular flexibility index (Phi) is 6.94. The van der Waals surface area contributed by atoms with Gasteiger partial charge in [-0.2, -0.15) is 0 Å². The van der Waals surface area contributed by atoms with Crippen molar-refractivity contribution in [1.82, 2.24) is 4.57 Å². The number of rotatable bonds is 2. The predicted molar refractivity (Wildman–Crippen MR) is 247 cm³/mol. The molecule has 3 aliphatic rings. The maximum atomic E-state index is 6.69. The molecule has 0 fully saturated rings. The Bertz CT molecular complexity index is 3240. The standard InChI is InChI=1S/C54H43BN2O2/c1-53(2,3)35-22-25-43-39(27-35)40-28-36(54(4,5)6)29-42-52(40)56(43)45-26-34-16-10-11-17-38(34)50-41-30-48-49(59-47-19-13-12-18-46(47)58-48)31-44(41)57(55(42)51(45)50)37-23-20-33(21-24-37)32-14-8-7-9-15-32/h7-31H,1-6H3. The Hall–Kier alpha value is -6.72. The smallest absolute Gasteiger partial charge is 0.333 e. The second-order valence-electron chi connectivity index (χ2n) is 18.6. The molecule has 4 heterocycles. The molecule has 0 unspecified atom stereocenters. The highest BCUT2D eigenvalue weighted by atomic mass is 16.6. The van der Waals surface area contributed by atoms with Crippen LogP contribution < -0.4 is 25.2 Å². The van der Waals surface area contributed by atoms with Crippen molar-refractivity contribution in [1.29, 1.82) is 0 Å². The third-order valence-corrected chi connectivity index (χ3v) is 12.9. The number of fused-ring (bicyclic) bond motifs is 11. The normalized spacial score (nSPS) is 13.8. The van der Waals surface area contributed by atoms with Crippen molar-refractivity contribution >= 4 is 61.7 Å². The van der Waals surface area contributed by atoms with Gasteiger partial charge in [0.25, 0.3) is 0 Å². The van der Waals surface area contributed by atoms with E-state index in [1.54, 1.807) is 0 Å². The first-order chi connectivity index (χ1) is 28.5. The van der Waals surface area contributed by atoms with E-state index in [1.807, 2.05) is 24.3 Å². The lowest BCUT2D eigenvalue weighted by Gasteiger charge is -2.43. The molecule has 0 N–H and O–H groups in total. The second-order valence-corrected chi connectivity index (χ2v) is 18.6. The van der Waals surface area contributed by atoms with Gasteiger partial charge in [0.1, 0.15) is 0 Å². The zero-order valence-corrected chi connectivity index (χ0v) is 34.2. The summed E-state index contributed by atoms with van der Waals surface area (Å²) in [6.45, 7) is 13.8. The Labute approximate surface area is 345 Å². The largest absolute Gasteiger partial charge is 0.449 e. The van der Waals surface area contributed by atoms with E-state index in [4.69, 9.17) is 9.47 Å². The van der Waals surface area contributed by atoms with E-state index in [2.05, 4.69) is 178 Å². The first-order valence-electron chi connectivity index (χ1n) is 20.8. The summed E-state index contributed by atoms with van der Waals surface area (Å²) in [5.41, 5.74) is 15.9. The van der Waals surface area contributed by atoms with Gasteiger partial charge < -0.3 is 18.9 Å². The van der Waals surface area contributed by atoms with Crippen molar-refractivity contribution in [3.8, 4) is 50.9 Å². The highest BCUT2D eigenvalue weighted by molar-refractivity contribution is 6.94. The quantitative estimate of drug-likeness (QED) is 0.164. The predicted octanol–water partition coefficient (Wildman–Crippen LogP) is 13.3. The van der Waals surface area contributed by atoms with Crippen molar-refractivity contribution in [3.05, 3.63) is 163 Å². The van der Waals surface area contributed by atoms with Gasteiger partial charge in [-0.3, -0.25) is 0 Å². The van der Waals surface area contributed by atoms with E-state index >= 15 is 0 Å². The van der Waals surface area contributed by atoms with Crippen molar-refractivity contribution in [2.24, 2.45) is 0 Å². The molecule has 3 aliphatic heterocycles. The SMILES string of the molecule is CC(C)(C)c1ccc2c(c1)c1cc(C(C)(C)C)cc3c1n2-c1cc2ccccc2c2c1B3N(c1ccc(-c3ccccc3)cc1)c1cc3c(cc1-2)Oc1ccccc1O3. The molecule has 0 saturated heterocycles. The van der Waals surface area contributed by atoms with Gasteiger partial charge in [-0.1, -0.05) is 133 Å². The summed E-state index contributed by atoms with van der Waals surface area (Å²) in [6.07, 6.45) is 0. The van der Waals surface area contributed by atoms with Crippen LogP contribution in [0.5, 0.6) is 23.0 Å². The summed E-state index contributed by atoms with van der Waals surface area (Å²) < 4.78 is 15.9. The number of hydrogen-bond donors (Lipinski definition) is 0.